The smallest absolute Gasteiger partial charge is 0.358 e. The number of rotatable bonds is 5. The van der Waals surface area contributed by atoms with Crippen LogP contribution < -0.4 is 10.6 Å². The van der Waals surface area contributed by atoms with Gasteiger partial charge < -0.3 is 10.6 Å². The summed E-state index contributed by atoms with van der Waals surface area (Å²) in [7, 11) is 0. The Bertz CT molecular complexity index is 826. The monoisotopic (exact) mass is 406 g/mol. The molecule has 0 spiro atoms. The van der Waals surface area contributed by atoms with Crippen molar-refractivity contribution in [3.63, 3.8) is 0 Å². The maximum atomic E-state index is 13.0. The lowest BCUT2D eigenvalue weighted by atomic mass is 10.0. The number of nitrogens with one attached hydrogen (secondary N) is 2. The molecule has 0 saturated heterocycles. The maximum absolute atomic E-state index is 13.0. The molecule has 150 valence electrons. The van der Waals surface area contributed by atoms with Crippen LogP contribution in [0.5, 0.6) is 0 Å². The second-order valence-corrected chi connectivity index (χ2v) is 6.56. The first kappa shape index (κ1) is 23.5. The van der Waals surface area contributed by atoms with Crippen molar-refractivity contribution in [1.82, 2.24) is 5.32 Å². The third kappa shape index (κ3) is 6.58. The number of thiocarbonyl (C=S) groups is 1. The molecular weight excluding hydrogens is 381 g/mol. The van der Waals surface area contributed by atoms with Crippen LogP contribution in [0.2, 0.25) is 0 Å². The standard InChI is InChI=1S/C20H23F3N2S.C2H2/c1-4-14-8-9-16(5-2)18(11-14)25-19(26)24-12-15-7-6-13(3)17(10-15)20(21,22)23;1-2/h6-11H,4-5,12H2,1-3H3,(H2,24,25,26);1-2H. The van der Waals surface area contributed by atoms with Gasteiger partial charge in [-0.1, -0.05) is 38.1 Å². The van der Waals surface area contributed by atoms with E-state index >= 15 is 0 Å². The summed E-state index contributed by atoms with van der Waals surface area (Å²) in [6.45, 7) is 5.83. The Hall–Kier alpha value is -2.52. The molecule has 6 heteroatoms. The summed E-state index contributed by atoms with van der Waals surface area (Å²) in [5, 5.41) is 6.54. The molecule has 2 rings (SSSR count). The van der Waals surface area contributed by atoms with Crippen LogP contribution >= 0.6 is 12.2 Å². The second-order valence-electron chi connectivity index (χ2n) is 6.15. The number of halogens is 3. The third-order valence-electron chi connectivity index (χ3n) is 4.27. The average Bonchev–Trinajstić information content (AvgIpc) is 2.68. The first-order chi connectivity index (χ1) is 13.2. The summed E-state index contributed by atoms with van der Waals surface area (Å²) in [5.41, 5.74) is 3.40. The van der Waals surface area contributed by atoms with Gasteiger partial charge in [0, 0.05) is 12.2 Å². The van der Waals surface area contributed by atoms with Crippen LogP contribution in [0.25, 0.3) is 0 Å². The summed E-state index contributed by atoms with van der Waals surface area (Å²) in [6.07, 6.45) is 5.43. The number of hydrogen-bond donors (Lipinski definition) is 2. The number of terminal acetylenes is 1. The Balaban J connectivity index is 0.00000190. The second kappa shape index (κ2) is 10.7. The molecule has 28 heavy (non-hydrogen) atoms. The average molecular weight is 407 g/mol. The largest absolute Gasteiger partial charge is 0.416 e. The van der Waals surface area contributed by atoms with E-state index < -0.39 is 11.7 Å². The molecule has 2 nitrogen and oxygen atoms in total. The zero-order valence-corrected chi connectivity index (χ0v) is 17.1. The van der Waals surface area contributed by atoms with E-state index in [1.165, 1.54) is 24.6 Å². The van der Waals surface area contributed by atoms with Crippen molar-refractivity contribution in [3.8, 4) is 12.8 Å². The van der Waals surface area contributed by atoms with Crippen molar-refractivity contribution >= 4 is 23.0 Å². The Morgan fingerprint density at radius 2 is 1.64 bits per heavy atom. The lowest BCUT2D eigenvalue weighted by Crippen LogP contribution is -2.28. The molecule has 0 aliphatic carbocycles. The van der Waals surface area contributed by atoms with Gasteiger partial charge in [-0.15, -0.1) is 12.8 Å². The predicted octanol–water partition coefficient (Wildman–Crippen LogP) is 5.87. The van der Waals surface area contributed by atoms with Gasteiger partial charge in [0.15, 0.2) is 5.11 Å². The van der Waals surface area contributed by atoms with Crippen LogP contribution in [-0.2, 0) is 25.6 Å². The summed E-state index contributed by atoms with van der Waals surface area (Å²) >= 11 is 5.31. The highest BCUT2D eigenvalue weighted by atomic mass is 32.1. The molecule has 0 bridgehead atoms. The topological polar surface area (TPSA) is 24.1 Å². The van der Waals surface area contributed by atoms with Gasteiger partial charge in [-0.05, 0) is 66.4 Å². The van der Waals surface area contributed by atoms with Crippen LogP contribution in [0.15, 0.2) is 36.4 Å². The summed E-state index contributed by atoms with van der Waals surface area (Å²) < 4.78 is 39.0. The van der Waals surface area contributed by atoms with E-state index in [-0.39, 0.29) is 12.1 Å². The third-order valence-corrected chi connectivity index (χ3v) is 4.52. The molecule has 2 aromatic carbocycles. The number of aryl methyl sites for hydroxylation is 3. The summed E-state index contributed by atoms with van der Waals surface area (Å²) in [6, 6.07) is 10.5. The van der Waals surface area contributed by atoms with Crippen molar-refractivity contribution in [2.45, 2.75) is 46.3 Å². The highest BCUT2D eigenvalue weighted by molar-refractivity contribution is 7.80. The molecule has 0 aliphatic heterocycles. The zero-order chi connectivity index (χ0) is 21.3. The van der Waals surface area contributed by atoms with Gasteiger partial charge in [0.25, 0.3) is 0 Å². The Morgan fingerprint density at radius 3 is 2.21 bits per heavy atom. The van der Waals surface area contributed by atoms with Crippen LogP contribution in [0.4, 0.5) is 18.9 Å². The quantitative estimate of drug-likeness (QED) is 0.479. The van der Waals surface area contributed by atoms with Crippen molar-refractivity contribution in [3.05, 3.63) is 64.2 Å². The van der Waals surface area contributed by atoms with Crippen molar-refractivity contribution < 1.29 is 13.2 Å². The predicted molar refractivity (Wildman–Crippen MR) is 114 cm³/mol. The molecule has 0 fully saturated rings. The minimum Gasteiger partial charge on any atom is -0.358 e. The summed E-state index contributed by atoms with van der Waals surface area (Å²) in [5.74, 6) is 0. The molecule has 0 atom stereocenters. The highest BCUT2D eigenvalue weighted by Crippen LogP contribution is 2.32. The van der Waals surface area contributed by atoms with E-state index in [0.717, 1.165) is 24.1 Å². The fraction of sp³-hybridized carbons (Fsp3) is 0.318. The fourth-order valence-electron chi connectivity index (χ4n) is 2.70. The van der Waals surface area contributed by atoms with E-state index in [2.05, 4.69) is 55.5 Å². The molecule has 0 amide bonds. The molecule has 2 aromatic rings. The Kier molecular flexibility index (Phi) is 9.01. The van der Waals surface area contributed by atoms with Gasteiger partial charge in [0.1, 0.15) is 0 Å². The van der Waals surface area contributed by atoms with E-state index in [1.54, 1.807) is 6.07 Å². The van der Waals surface area contributed by atoms with Gasteiger partial charge >= 0.3 is 6.18 Å². The van der Waals surface area contributed by atoms with Crippen LogP contribution in [0.1, 0.15) is 41.7 Å². The van der Waals surface area contributed by atoms with E-state index in [9.17, 15) is 13.2 Å². The Morgan fingerprint density at radius 1 is 1.00 bits per heavy atom. The van der Waals surface area contributed by atoms with E-state index in [4.69, 9.17) is 12.2 Å². The van der Waals surface area contributed by atoms with Gasteiger partial charge in [-0.3, -0.25) is 0 Å². The molecule has 0 radical (unpaired) electrons. The van der Waals surface area contributed by atoms with Crippen LogP contribution in [0, 0.1) is 19.8 Å². The molecule has 0 heterocycles. The molecule has 0 unspecified atom stereocenters. The van der Waals surface area contributed by atoms with E-state index in [1.807, 2.05) is 0 Å². The molecule has 0 aliphatic rings. The Labute approximate surface area is 170 Å². The molecule has 2 N–H and O–H groups in total. The number of alkyl halides is 3. The minimum atomic E-state index is -4.35. The van der Waals surface area contributed by atoms with Crippen LogP contribution in [-0.4, -0.2) is 5.11 Å². The highest BCUT2D eigenvalue weighted by Gasteiger charge is 2.32. The molecule has 0 aromatic heterocycles. The van der Waals surface area contributed by atoms with Gasteiger partial charge in [0.05, 0.1) is 5.56 Å². The number of hydrogen-bond acceptors (Lipinski definition) is 1. The zero-order valence-electron chi connectivity index (χ0n) is 16.3. The minimum absolute atomic E-state index is 0.214. The van der Waals surface area contributed by atoms with Crippen molar-refractivity contribution in [1.29, 1.82) is 0 Å². The normalized spacial score (nSPS) is 10.6. The van der Waals surface area contributed by atoms with Crippen molar-refractivity contribution in [2.75, 3.05) is 5.32 Å². The fourth-order valence-corrected chi connectivity index (χ4v) is 2.88. The lowest BCUT2D eigenvalue weighted by molar-refractivity contribution is -0.138. The maximum Gasteiger partial charge on any atom is 0.416 e. The first-order valence-electron chi connectivity index (χ1n) is 8.91. The SMILES string of the molecule is C#C.CCc1ccc(CC)c(NC(=S)NCc2ccc(C)c(C(F)(F)F)c2)c1. The summed E-state index contributed by atoms with van der Waals surface area (Å²) in [4.78, 5) is 0. The molecule has 0 saturated carbocycles. The molecular formula is C22H25F3N2S. The van der Waals surface area contributed by atoms with Crippen LogP contribution in [0.3, 0.4) is 0 Å². The number of anilines is 1. The van der Waals surface area contributed by atoms with E-state index in [0.29, 0.717) is 10.7 Å². The lowest BCUT2D eigenvalue weighted by Gasteiger charge is -2.16. The first-order valence-corrected chi connectivity index (χ1v) is 9.32. The van der Waals surface area contributed by atoms with Gasteiger partial charge in [-0.25, -0.2) is 0 Å². The van der Waals surface area contributed by atoms with Gasteiger partial charge in [-0.2, -0.15) is 13.2 Å². The number of benzene rings is 2. The van der Waals surface area contributed by atoms with Crippen molar-refractivity contribution in [2.24, 2.45) is 0 Å². The van der Waals surface area contributed by atoms with Gasteiger partial charge in [0.2, 0.25) is 0 Å².